The van der Waals surface area contributed by atoms with Gasteiger partial charge in [0.15, 0.2) is 0 Å². The largest absolute Gasteiger partial charge is 0.368 e. The molecule has 0 radical (unpaired) electrons. The minimum absolute atomic E-state index is 0.114. The zero-order chi connectivity index (χ0) is 11.8. The van der Waals surface area contributed by atoms with Crippen molar-refractivity contribution in [1.29, 1.82) is 5.26 Å². The molecular weight excluding hydrogens is 194 g/mol. The Kier molecular flexibility index (Phi) is 6.11. The van der Waals surface area contributed by atoms with Crippen LogP contribution in [0.3, 0.4) is 0 Å². The summed E-state index contributed by atoms with van der Waals surface area (Å²) in [5.41, 5.74) is 5.01. The third-order valence-corrected chi connectivity index (χ3v) is 2.07. The SMILES string of the molecule is CCCC(C#N)C(=O)N(CC)CC(N)=O. The van der Waals surface area contributed by atoms with Crippen molar-refractivity contribution in [3.05, 3.63) is 0 Å². The van der Waals surface area contributed by atoms with Gasteiger partial charge in [0.25, 0.3) is 0 Å². The molecule has 0 aromatic rings. The summed E-state index contributed by atoms with van der Waals surface area (Å²) in [6, 6.07) is 1.95. The molecule has 0 bridgehead atoms. The maximum absolute atomic E-state index is 11.7. The molecule has 0 saturated heterocycles. The summed E-state index contributed by atoms with van der Waals surface area (Å²) in [5, 5.41) is 8.79. The Bertz CT molecular complexity index is 270. The number of nitrogens with zero attached hydrogens (tertiary/aromatic N) is 2. The van der Waals surface area contributed by atoms with E-state index in [0.717, 1.165) is 6.42 Å². The molecule has 1 unspecified atom stereocenters. The van der Waals surface area contributed by atoms with E-state index in [4.69, 9.17) is 11.0 Å². The van der Waals surface area contributed by atoms with Gasteiger partial charge in [-0.3, -0.25) is 9.59 Å². The molecule has 84 valence electrons. The van der Waals surface area contributed by atoms with Crippen LogP contribution in [0.4, 0.5) is 0 Å². The van der Waals surface area contributed by atoms with Crippen molar-refractivity contribution in [2.75, 3.05) is 13.1 Å². The van der Waals surface area contributed by atoms with Gasteiger partial charge in [-0.25, -0.2) is 0 Å². The normalized spacial score (nSPS) is 11.5. The summed E-state index contributed by atoms with van der Waals surface area (Å²) in [6.07, 6.45) is 1.28. The molecule has 5 heteroatoms. The van der Waals surface area contributed by atoms with Gasteiger partial charge in [-0.2, -0.15) is 5.26 Å². The van der Waals surface area contributed by atoms with Gasteiger partial charge < -0.3 is 10.6 Å². The van der Waals surface area contributed by atoms with E-state index in [0.29, 0.717) is 13.0 Å². The van der Waals surface area contributed by atoms with E-state index in [2.05, 4.69) is 0 Å². The van der Waals surface area contributed by atoms with Crippen molar-refractivity contribution in [3.8, 4) is 6.07 Å². The lowest BCUT2D eigenvalue weighted by Gasteiger charge is -2.21. The second-order valence-corrected chi connectivity index (χ2v) is 3.29. The molecule has 0 aliphatic heterocycles. The van der Waals surface area contributed by atoms with Gasteiger partial charge in [0, 0.05) is 6.54 Å². The van der Waals surface area contributed by atoms with Crippen molar-refractivity contribution in [1.82, 2.24) is 4.90 Å². The van der Waals surface area contributed by atoms with Gasteiger partial charge in [0.2, 0.25) is 11.8 Å². The van der Waals surface area contributed by atoms with E-state index < -0.39 is 11.8 Å². The van der Waals surface area contributed by atoms with Crippen LogP contribution in [-0.4, -0.2) is 29.8 Å². The van der Waals surface area contributed by atoms with Gasteiger partial charge in [-0.1, -0.05) is 13.3 Å². The molecular formula is C10H17N3O2. The molecule has 1 atom stereocenters. The van der Waals surface area contributed by atoms with Crippen LogP contribution in [0.15, 0.2) is 0 Å². The van der Waals surface area contributed by atoms with E-state index in [-0.39, 0.29) is 12.5 Å². The first kappa shape index (κ1) is 13.4. The molecule has 0 aliphatic rings. The van der Waals surface area contributed by atoms with Crippen molar-refractivity contribution < 1.29 is 9.59 Å². The summed E-state index contributed by atoms with van der Waals surface area (Å²) in [7, 11) is 0. The Morgan fingerprint density at radius 3 is 2.40 bits per heavy atom. The minimum Gasteiger partial charge on any atom is -0.368 e. The zero-order valence-corrected chi connectivity index (χ0v) is 9.19. The highest BCUT2D eigenvalue weighted by molar-refractivity contribution is 5.86. The zero-order valence-electron chi connectivity index (χ0n) is 9.19. The lowest BCUT2D eigenvalue weighted by Crippen LogP contribution is -2.41. The van der Waals surface area contributed by atoms with Gasteiger partial charge in [0.1, 0.15) is 5.92 Å². The number of hydrogen-bond acceptors (Lipinski definition) is 3. The molecule has 0 spiro atoms. The highest BCUT2D eigenvalue weighted by Crippen LogP contribution is 2.09. The fraction of sp³-hybridized carbons (Fsp3) is 0.700. The Hall–Kier alpha value is -1.57. The highest BCUT2D eigenvalue weighted by atomic mass is 16.2. The third kappa shape index (κ3) is 4.45. The number of hydrogen-bond donors (Lipinski definition) is 1. The first-order valence-electron chi connectivity index (χ1n) is 5.03. The molecule has 0 aromatic heterocycles. The minimum atomic E-state index is -0.658. The van der Waals surface area contributed by atoms with Crippen LogP contribution in [0, 0.1) is 17.2 Å². The molecule has 0 fully saturated rings. The molecule has 0 heterocycles. The standard InChI is InChI=1S/C10H17N3O2/c1-3-5-8(6-11)10(15)13(4-2)7-9(12)14/h8H,3-5,7H2,1-2H3,(H2,12,14). The summed E-state index contributed by atoms with van der Waals surface area (Å²) < 4.78 is 0. The Morgan fingerprint density at radius 2 is 2.07 bits per heavy atom. The average molecular weight is 211 g/mol. The predicted octanol–water partition coefficient (Wildman–Crippen LogP) is 0.260. The maximum Gasteiger partial charge on any atom is 0.240 e. The van der Waals surface area contributed by atoms with Crippen LogP contribution in [0.25, 0.3) is 0 Å². The summed E-state index contributed by atoms with van der Waals surface area (Å²) in [4.78, 5) is 23.7. The molecule has 15 heavy (non-hydrogen) atoms. The third-order valence-electron chi connectivity index (χ3n) is 2.07. The van der Waals surface area contributed by atoms with Crippen LogP contribution >= 0.6 is 0 Å². The molecule has 0 rings (SSSR count). The highest BCUT2D eigenvalue weighted by Gasteiger charge is 2.23. The maximum atomic E-state index is 11.7. The number of rotatable bonds is 6. The van der Waals surface area contributed by atoms with Crippen LogP contribution in [0.1, 0.15) is 26.7 Å². The fourth-order valence-corrected chi connectivity index (χ4v) is 1.29. The molecule has 2 N–H and O–H groups in total. The van der Waals surface area contributed by atoms with Crippen LogP contribution in [0.5, 0.6) is 0 Å². The van der Waals surface area contributed by atoms with E-state index in [1.54, 1.807) is 6.92 Å². The number of carbonyl (C=O) groups excluding carboxylic acids is 2. The number of nitriles is 1. The summed E-state index contributed by atoms with van der Waals surface area (Å²) in [5.74, 6) is -1.52. The number of carbonyl (C=O) groups is 2. The molecule has 0 saturated carbocycles. The monoisotopic (exact) mass is 211 g/mol. The van der Waals surface area contributed by atoms with Gasteiger partial charge in [-0.15, -0.1) is 0 Å². The van der Waals surface area contributed by atoms with Crippen molar-refractivity contribution in [3.63, 3.8) is 0 Å². The molecule has 5 nitrogen and oxygen atoms in total. The first-order chi connectivity index (χ1) is 7.06. The predicted molar refractivity (Wildman–Crippen MR) is 55.5 cm³/mol. The van der Waals surface area contributed by atoms with E-state index in [1.165, 1.54) is 4.90 Å². The van der Waals surface area contributed by atoms with E-state index in [1.807, 2.05) is 13.0 Å². The van der Waals surface area contributed by atoms with Gasteiger partial charge in [-0.05, 0) is 13.3 Å². The summed E-state index contributed by atoms with van der Waals surface area (Å²) in [6.45, 7) is 3.93. The molecule has 0 aliphatic carbocycles. The topological polar surface area (TPSA) is 87.2 Å². The second kappa shape index (κ2) is 6.82. The second-order valence-electron chi connectivity index (χ2n) is 3.29. The average Bonchev–Trinajstić information content (AvgIpc) is 2.21. The lowest BCUT2D eigenvalue weighted by atomic mass is 10.0. The van der Waals surface area contributed by atoms with Gasteiger partial charge >= 0.3 is 0 Å². The van der Waals surface area contributed by atoms with Crippen LogP contribution in [0.2, 0.25) is 0 Å². The fourth-order valence-electron chi connectivity index (χ4n) is 1.29. The summed E-state index contributed by atoms with van der Waals surface area (Å²) >= 11 is 0. The number of primary amides is 1. The Balaban J connectivity index is 4.48. The van der Waals surface area contributed by atoms with Crippen molar-refractivity contribution in [2.24, 2.45) is 11.7 Å². The number of nitrogens with two attached hydrogens (primary N) is 1. The van der Waals surface area contributed by atoms with Crippen LogP contribution < -0.4 is 5.73 Å². The van der Waals surface area contributed by atoms with Crippen LogP contribution in [-0.2, 0) is 9.59 Å². The first-order valence-corrected chi connectivity index (χ1v) is 5.03. The quantitative estimate of drug-likeness (QED) is 0.683. The smallest absolute Gasteiger partial charge is 0.240 e. The van der Waals surface area contributed by atoms with E-state index in [9.17, 15) is 9.59 Å². The van der Waals surface area contributed by atoms with Gasteiger partial charge in [0.05, 0.1) is 12.6 Å². The molecule has 2 amide bonds. The lowest BCUT2D eigenvalue weighted by molar-refractivity contribution is -0.137. The Labute approximate surface area is 89.8 Å². The Morgan fingerprint density at radius 1 is 1.47 bits per heavy atom. The van der Waals surface area contributed by atoms with E-state index >= 15 is 0 Å². The number of amides is 2. The van der Waals surface area contributed by atoms with Crippen molar-refractivity contribution in [2.45, 2.75) is 26.7 Å². The molecule has 0 aromatic carbocycles. The van der Waals surface area contributed by atoms with Crippen molar-refractivity contribution >= 4 is 11.8 Å². The number of likely N-dealkylation sites (N-methyl/N-ethyl adjacent to an activating group) is 1.